The van der Waals surface area contributed by atoms with Crippen LogP contribution in [0.4, 0.5) is 5.69 Å². The van der Waals surface area contributed by atoms with E-state index < -0.39 is 0 Å². The molecule has 0 aromatic carbocycles. The lowest BCUT2D eigenvalue weighted by atomic mass is 10.1. The minimum atomic E-state index is 0.679. The van der Waals surface area contributed by atoms with E-state index in [2.05, 4.69) is 21.9 Å². The number of rotatable bonds is 5. The average Bonchev–Trinajstić information content (AvgIpc) is 2.61. The number of nitrogens with one attached hydrogen (secondary N) is 1. The molecule has 22 heavy (non-hydrogen) atoms. The Morgan fingerprint density at radius 2 is 1.68 bits per heavy atom. The maximum atomic E-state index is 4.69. The predicted octanol–water partition coefficient (Wildman–Crippen LogP) is 3.80. The third-order valence-corrected chi connectivity index (χ3v) is 3.16. The predicted molar refractivity (Wildman–Crippen MR) is 89.4 cm³/mol. The SMILES string of the molecule is C=CCNc1cccnc1-c1cccc(-c2ccccn2)n1. The third-order valence-electron chi connectivity index (χ3n) is 3.16. The summed E-state index contributed by atoms with van der Waals surface area (Å²) in [4.78, 5) is 13.5. The maximum Gasteiger partial charge on any atom is 0.112 e. The first-order valence-electron chi connectivity index (χ1n) is 7.07. The van der Waals surface area contributed by atoms with Gasteiger partial charge in [-0.15, -0.1) is 6.58 Å². The molecule has 0 saturated carbocycles. The second-order valence-electron chi connectivity index (χ2n) is 4.69. The molecule has 0 aliphatic carbocycles. The van der Waals surface area contributed by atoms with E-state index >= 15 is 0 Å². The van der Waals surface area contributed by atoms with Gasteiger partial charge in [-0.2, -0.15) is 0 Å². The highest BCUT2D eigenvalue weighted by Crippen LogP contribution is 2.25. The summed E-state index contributed by atoms with van der Waals surface area (Å²) in [5.74, 6) is 0. The summed E-state index contributed by atoms with van der Waals surface area (Å²) < 4.78 is 0. The van der Waals surface area contributed by atoms with E-state index in [9.17, 15) is 0 Å². The van der Waals surface area contributed by atoms with Crippen molar-refractivity contribution < 1.29 is 0 Å². The highest BCUT2D eigenvalue weighted by atomic mass is 14.9. The Morgan fingerprint density at radius 3 is 2.50 bits per heavy atom. The molecular formula is C18H16N4. The number of anilines is 1. The standard InChI is InChI=1S/C18H16N4/c1-2-11-19-16-10-6-13-21-18(16)17-9-5-8-15(22-17)14-7-3-4-12-20-14/h2-10,12-13,19H,1,11H2. The van der Waals surface area contributed by atoms with Crippen molar-refractivity contribution in [2.45, 2.75) is 0 Å². The monoisotopic (exact) mass is 288 g/mol. The van der Waals surface area contributed by atoms with Crippen LogP contribution >= 0.6 is 0 Å². The van der Waals surface area contributed by atoms with Gasteiger partial charge in [0.2, 0.25) is 0 Å². The van der Waals surface area contributed by atoms with Crippen molar-refractivity contribution >= 4 is 5.69 Å². The Morgan fingerprint density at radius 1 is 0.864 bits per heavy atom. The minimum Gasteiger partial charge on any atom is -0.380 e. The molecule has 0 atom stereocenters. The highest BCUT2D eigenvalue weighted by Gasteiger charge is 2.09. The first-order valence-corrected chi connectivity index (χ1v) is 7.07. The molecular weight excluding hydrogens is 272 g/mol. The van der Waals surface area contributed by atoms with Crippen molar-refractivity contribution in [1.82, 2.24) is 15.0 Å². The molecule has 3 rings (SSSR count). The lowest BCUT2D eigenvalue weighted by Gasteiger charge is -2.10. The van der Waals surface area contributed by atoms with Gasteiger partial charge < -0.3 is 5.32 Å². The molecule has 4 nitrogen and oxygen atoms in total. The van der Waals surface area contributed by atoms with Gasteiger partial charge in [-0.1, -0.05) is 18.2 Å². The maximum absolute atomic E-state index is 4.69. The second-order valence-corrected chi connectivity index (χ2v) is 4.69. The van der Waals surface area contributed by atoms with Crippen molar-refractivity contribution in [2.75, 3.05) is 11.9 Å². The zero-order valence-corrected chi connectivity index (χ0v) is 12.1. The Labute approximate surface area is 129 Å². The molecule has 0 spiro atoms. The van der Waals surface area contributed by atoms with Crippen LogP contribution in [-0.4, -0.2) is 21.5 Å². The molecule has 3 aromatic heterocycles. The summed E-state index contributed by atoms with van der Waals surface area (Å²) in [5, 5.41) is 3.28. The van der Waals surface area contributed by atoms with E-state index in [0.717, 1.165) is 28.5 Å². The summed E-state index contributed by atoms with van der Waals surface area (Å²) >= 11 is 0. The molecule has 108 valence electrons. The van der Waals surface area contributed by atoms with Gasteiger partial charge >= 0.3 is 0 Å². The van der Waals surface area contributed by atoms with E-state index in [1.54, 1.807) is 12.4 Å². The number of aromatic nitrogens is 3. The van der Waals surface area contributed by atoms with Crippen LogP contribution in [0.3, 0.4) is 0 Å². The van der Waals surface area contributed by atoms with Gasteiger partial charge in [0.15, 0.2) is 0 Å². The van der Waals surface area contributed by atoms with E-state index in [1.807, 2.05) is 54.6 Å². The Balaban J connectivity index is 2.01. The highest BCUT2D eigenvalue weighted by molar-refractivity contribution is 5.73. The molecule has 1 N–H and O–H groups in total. The number of hydrogen-bond acceptors (Lipinski definition) is 4. The van der Waals surface area contributed by atoms with Gasteiger partial charge in [-0.25, -0.2) is 4.98 Å². The van der Waals surface area contributed by atoms with E-state index in [-0.39, 0.29) is 0 Å². The fourth-order valence-electron chi connectivity index (χ4n) is 2.16. The van der Waals surface area contributed by atoms with Gasteiger partial charge in [0.1, 0.15) is 5.69 Å². The van der Waals surface area contributed by atoms with Crippen molar-refractivity contribution in [1.29, 1.82) is 0 Å². The molecule has 0 aliphatic heterocycles. The van der Waals surface area contributed by atoms with Crippen molar-refractivity contribution in [3.8, 4) is 22.8 Å². The zero-order valence-electron chi connectivity index (χ0n) is 12.1. The van der Waals surface area contributed by atoms with E-state index in [1.165, 1.54) is 0 Å². The minimum absolute atomic E-state index is 0.679. The fraction of sp³-hybridized carbons (Fsp3) is 0.0556. The van der Waals surface area contributed by atoms with Crippen LogP contribution in [0.5, 0.6) is 0 Å². The Kier molecular flexibility index (Phi) is 4.20. The van der Waals surface area contributed by atoms with Crippen molar-refractivity contribution in [2.24, 2.45) is 0 Å². The molecule has 0 aliphatic rings. The van der Waals surface area contributed by atoms with Gasteiger partial charge in [-0.05, 0) is 36.4 Å². The van der Waals surface area contributed by atoms with Gasteiger partial charge in [0.25, 0.3) is 0 Å². The molecule has 0 bridgehead atoms. The Bertz CT molecular complexity index is 769. The zero-order chi connectivity index (χ0) is 15.2. The molecule has 0 radical (unpaired) electrons. The van der Waals surface area contributed by atoms with Crippen molar-refractivity contribution in [3.63, 3.8) is 0 Å². The summed E-state index contributed by atoms with van der Waals surface area (Å²) in [7, 11) is 0. The normalized spacial score (nSPS) is 10.2. The molecule has 0 saturated heterocycles. The summed E-state index contributed by atoms with van der Waals surface area (Å²) in [6.45, 7) is 4.40. The molecule has 0 amide bonds. The lowest BCUT2D eigenvalue weighted by molar-refractivity contribution is 1.21. The molecule has 3 aromatic rings. The van der Waals surface area contributed by atoms with Crippen LogP contribution < -0.4 is 5.32 Å². The quantitative estimate of drug-likeness (QED) is 0.725. The molecule has 0 fully saturated rings. The van der Waals surface area contributed by atoms with Crippen LogP contribution in [0.1, 0.15) is 0 Å². The molecule has 4 heteroatoms. The van der Waals surface area contributed by atoms with E-state index in [0.29, 0.717) is 6.54 Å². The molecule has 3 heterocycles. The molecule has 0 unspecified atom stereocenters. The number of hydrogen-bond donors (Lipinski definition) is 1. The van der Waals surface area contributed by atoms with Crippen LogP contribution in [0.25, 0.3) is 22.8 Å². The van der Waals surface area contributed by atoms with E-state index in [4.69, 9.17) is 4.98 Å². The van der Waals surface area contributed by atoms with Crippen LogP contribution in [0.15, 0.2) is 73.6 Å². The number of nitrogens with zero attached hydrogens (tertiary/aromatic N) is 3. The third kappa shape index (κ3) is 3.01. The topological polar surface area (TPSA) is 50.7 Å². The Hall–Kier alpha value is -3.01. The van der Waals surface area contributed by atoms with Crippen LogP contribution in [0.2, 0.25) is 0 Å². The first kappa shape index (κ1) is 13.9. The smallest absolute Gasteiger partial charge is 0.112 e. The van der Waals surface area contributed by atoms with Crippen molar-refractivity contribution in [3.05, 3.63) is 73.6 Å². The largest absolute Gasteiger partial charge is 0.380 e. The van der Waals surface area contributed by atoms with Crippen LogP contribution in [0, 0.1) is 0 Å². The second kappa shape index (κ2) is 6.63. The van der Waals surface area contributed by atoms with Gasteiger partial charge in [0, 0.05) is 18.9 Å². The summed E-state index contributed by atoms with van der Waals surface area (Å²) in [5.41, 5.74) is 4.25. The van der Waals surface area contributed by atoms with Gasteiger partial charge in [0.05, 0.1) is 22.8 Å². The lowest BCUT2D eigenvalue weighted by Crippen LogP contribution is -2.01. The van der Waals surface area contributed by atoms with Gasteiger partial charge in [-0.3, -0.25) is 9.97 Å². The fourth-order valence-corrected chi connectivity index (χ4v) is 2.16. The van der Waals surface area contributed by atoms with Crippen LogP contribution in [-0.2, 0) is 0 Å². The average molecular weight is 288 g/mol. The number of pyridine rings is 3. The summed E-state index contributed by atoms with van der Waals surface area (Å²) in [6.07, 6.45) is 5.35. The first-order chi connectivity index (χ1) is 10.9. The summed E-state index contributed by atoms with van der Waals surface area (Å²) in [6, 6.07) is 15.6.